The smallest absolute Gasteiger partial charge is 0.416 e. The summed E-state index contributed by atoms with van der Waals surface area (Å²) in [6.45, 7) is 5.47. The first-order valence-electron chi connectivity index (χ1n) is 11.7. The molecule has 194 valence electrons. The Morgan fingerprint density at radius 1 is 1.03 bits per heavy atom. The number of fused-ring (bicyclic) bond motifs is 1. The Labute approximate surface area is 212 Å². The number of nitrogens with one attached hydrogen (secondary N) is 2. The van der Waals surface area contributed by atoms with Gasteiger partial charge in [0.05, 0.1) is 11.6 Å². The van der Waals surface area contributed by atoms with Crippen LogP contribution in [0, 0.1) is 0 Å². The van der Waals surface area contributed by atoms with Gasteiger partial charge in [-0.2, -0.15) is 13.2 Å². The Kier molecular flexibility index (Phi) is 7.37. The number of alkyl carbamates (subject to hydrolysis) is 1. The Hall–Kier alpha value is -4.08. The van der Waals surface area contributed by atoms with Crippen LogP contribution in [-0.4, -0.2) is 34.4 Å². The molecule has 0 aliphatic rings. The molecular formula is C27H27F3N4O3. The number of benzene rings is 2. The molecule has 0 unspecified atom stereocenters. The van der Waals surface area contributed by atoms with Crippen LogP contribution in [-0.2, 0) is 17.3 Å². The number of anilines is 1. The van der Waals surface area contributed by atoms with E-state index in [9.17, 15) is 18.0 Å². The molecule has 0 radical (unpaired) electrons. The van der Waals surface area contributed by atoms with Crippen molar-refractivity contribution < 1.29 is 27.2 Å². The molecule has 0 saturated carbocycles. The number of hydrogen-bond acceptors (Lipinski definition) is 6. The minimum absolute atomic E-state index is 0.232. The van der Waals surface area contributed by atoms with Crippen molar-refractivity contribution in [3.05, 3.63) is 78.1 Å². The molecule has 1 atom stereocenters. The number of halogens is 3. The highest BCUT2D eigenvalue weighted by molar-refractivity contribution is 5.86. The van der Waals surface area contributed by atoms with Crippen LogP contribution in [0.2, 0.25) is 0 Å². The Morgan fingerprint density at radius 3 is 2.49 bits per heavy atom. The van der Waals surface area contributed by atoms with E-state index < -0.39 is 29.5 Å². The molecule has 0 bridgehead atoms. The van der Waals surface area contributed by atoms with E-state index in [1.165, 1.54) is 12.1 Å². The average Bonchev–Trinajstić information content (AvgIpc) is 3.30. The lowest BCUT2D eigenvalue weighted by Gasteiger charge is -2.24. The van der Waals surface area contributed by atoms with E-state index in [1.807, 2.05) is 24.3 Å². The summed E-state index contributed by atoms with van der Waals surface area (Å²) in [6, 6.07) is 13.8. The maximum atomic E-state index is 12.9. The van der Waals surface area contributed by atoms with Gasteiger partial charge in [0, 0.05) is 36.0 Å². The molecule has 0 aliphatic carbocycles. The molecule has 4 aromatic rings. The van der Waals surface area contributed by atoms with Crippen LogP contribution >= 0.6 is 0 Å². The summed E-state index contributed by atoms with van der Waals surface area (Å²) in [5, 5.41) is 12.0. The Morgan fingerprint density at radius 2 is 1.78 bits per heavy atom. The van der Waals surface area contributed by atoms with Crippen molar-refractivity contribution in [2.75, 3.05) is 11.9 Å². The molecule has 2 aromatic heterocycles. The predicted octanol–water partition coefficient (Wildman–Crippen LogP) is 6.46. The number of carbonyl (C=O) groups is 1. The second-order valence-electron chi connectivity index (χ2n) is 9.64. The van der Waals surface area contributed by atoms with E-state index in [0.29, 0.717) is 17.1 Å². The summed E-state index contributed by atoms with van der Waals surface area (Å²) >= 11 is 0. The van der Waals surface area contributed by atoms with E-state index in [2.05, 4.69) is 20.8 Å². The first-order chi connectivity index (χ1) is 17.5. The first-order valence-corrected chi connectivity index (χ1v) is 11.7. The van der Waals surface area contributed by atoms with Crippen molar-refractivity contribution >= 4 is 22.7 Å². The molecule has 0 aliphatic heterocycles. The van der Waals surface area contributed by atoms with Gasteiger partial charge in [0.15, 0.2) is 11.6 Å². The summed E-state index contributed by atoms with van der Waals surface area (Å²) in [5.74, 6) is 1.01. The Balaban J connectivity index is 1.46. The summed E-state index contributed by atoms with van der Waals surface area (Å²) < 4.78 is 49.6. The molecule has 2 aromatic carbocycles. The van der Waals surface area contributed by atoms with Crippen LogP contribution in [0.5, 0.6) is 0 Å². The number of amides is 1. The van der Waals surface area contributed by atoms with Crippen LogP contribution in [0.3, 0.4) is 0 Å². The number of alkyl halides is 3. The van der Waals surface area contributed by atoms with Crippen LogP contribution in [0.1, 0.15) is 31.9 Å². The van der Waals surface area contributed by atoms with Crippen molar-refractivity contribution in [3.63, 3.8) is 0 Å². The number of carbonyl (C=O) groups excluding carboxylic acids is 1. The van der Waals surface area contributed by atoms with Crippen LogP contribution in [0.25, 0.3) is 22.1 Å². The minimum Gasteiger partial charge on any atom is -0.444 e. The number of aromatic nitrogens is 2. The molecule has 0 saturated heterocycles. The summed E-state index contributed by atoms with van der Waals surface area (Å²) in [4.78, 5) is 16.5. The van der Waals surface area contributed by atoms with Gasteiger partial charge in [0.2, 0.25) is 0 Å². The lowest BCUT2D eigenvalue weighted by atomic mass is 10.0. The Bertz CT molecular complexity index is 1360. The van der Waals surface area contributed by atoms with E-state index in [0.717, 1.165) is 28.5 Å². The molecule has 2 heterocycles. The van der Waals surface area contributed by atoms with Gasteiger partial charge in [-0.3, -0.25) is 4.98 Å². The number of nitrogens with zero attached hydrogens (tertiary/aromatic N) is 2. The number of hydrogen-bond donors (Lipinski definition) is 2. The third kappa shape index (κ3) is 7.22. The van der Waals surface area contributed by atoms with Crippen molar-refractivity contribution in [2.45, 2.75) is 45.0 Å². The predicted molar refractivity (Wildman–Crippen MR) is 134 cm³/mol. The number of ether oxygens (including phenoxy) is 1. The molecule has 4 rings (SSSR count). The zero-order valence-corrected chi connectivity index (χ0v) is 20.6. The van der Waals surface area contributed by atoms with Gasteiger partial charge < -0.3 is 19.9 Å². The van der Waals surface area contributed by atoms with Gasteiger partial charge >= 0.3 is 12.3 Å². The fourth-order valence-electron chi connectivity index (χ4n) is 3.72. The summed E-state index contributed by atoms with van der Waals surface area (Å²) in [6.07, 6.45) is -1.28. The second-order valence-corrected chi connectivity index (χ2v) is 9.64. The molecule has 37 heavy (non-hydrogen) atoms. The standard InChI is InChI=1S/C27H27F3N4O3/c1-26(2,3)36-25(35)33-22(12-17-4-8-21(9-5-17)27(28,29)30)16-32-24-14-23(37-34-24)19-6-7-20-15-31-11-10-18(20)13-19/h4-11,13-15,22H,12,16H2,1-3H3,(H,32,34)(H,33,35)/t22-/m0/s1. The summed E-state index contributed by atoms with van der Waals surface area (Å²) in [5.41, 5.74) is 0.0359. The van der Waals surface area contributed by atoms with Gasteiger partial charge in [-0.15, -0.1) is 0 Å². The lowest BCUT2D eigenvalue weighted by molar-refractivity contribution is -0.137. The topological polar surface area (TPSA) is 89.3 Å². The molecule has 0 fully saturated rings. The molecule has 0 spiro atoms. The summed E-state index contributed by atoms with van der Waals surface area (Å²) in [7, 11) is 0. The van der Waals surface area contributed by atoms with Crippen LogP contribution in [0.15, 0.2) is 71.5 Å². The third-order valence-corrected chi connectivity index (χ3v) is 5.45. The van der Waals surface area contributed by atoms with Crippen LogP contribution < -0.4 is 10.6 Å². The fraction of sp³-hybridized carbons (Fsp3) is 0.296. The molecular weight excluding hydrogens is 485 g/mol. The quantitative estimate of drug-likeness (QED) is 0.296. The monoisotopic (exact) mass is 512 g/mol. The second kappa shape index (κ2) is 10.5. The highest BCUT2D eigenvalue weighted by Crippen LogP contribution is 2.29. The molecule has 10 heteroatoms. The van der Waals surface area contributed by atoms with Crippen molar-refractivity contribution in [3.8, 4) is 11.3 Å². The van der Waals surface area contributed by atoms with Crippen molar-refractivity contribution in [1.29, 1.82) is 0 Å². The van der Waals surface area contributed by atoms with Gasteiger partial charge in [0.1, 0.15) is 5.60 Å². The van der Waals surface area contributed by atoms with Crippen LogP contribution in [0.4, 0.5) is 23.8 Å². The molecule has 7 nitrogen and oxygen atoms in total. The highest BCUT2D eigenvalue weighted by Gasteiger charge is 2.30. The minimum atomic E-state index is -4.42. The largest absolute Gasteiger partial charge is 0.444 e. The number of pyridine rings is 1. The van der Waals surface area contributed by atoms with Crippen molar-refractivity contribution in [1.82, 2.24) is 15.5 Å². The third-order valence-electron chi connectivity index (χ3n) is 5.45. The molecule has 1 amide bonds. The highest BCUT2D eigenvalue weighted by atomic mass is 19.4. The van der Waals surface area contributed by atoms with E-state index in [1.54, 1.807) is 39.2 Å². The first kappa shape index (κ1) is 26.0. The van der Waals surface area contributed by atoms with E-state index in [-0.39, 0.29) is 13.0 Å². The zero-order valence-electron chi connectivity index (χ0n) is 20.6. The zero-order chi connectivity index (χ0) is 26.6. The van der Waals surface area contributed by atoms with Gasteiger partial charge in [-0.05, 0) is 62.4 Å². The van der Waals surface area contributed by atoms with Gasteiger partial charge in [-0.25, -0.2) is 4.79 Å². The normalized spacial score (nSPS) is 12.8. The molecule has 2 N–H and O–H groups in total. The van der Waals surface area contributed by atoms with Gasteiger partial charge in [0.25, 0.3) is 0 Å². The van der Waals surface area contributed by atoms with Gasteiger partial charge in [-0.1, -0.05) is 29.4 Å². The SMILES string of the molecule is CC(C)(C)OC(=O)N[C@H](CNc1cc(-c2ccc3cnccc3c2)on1)Cc1ccc(C(F)(F)F)cc1. The fourth-order valence-corrected chi connectivity index (χ4v) is 3.72. The lowest BCUT2D eigenvalue weighted by Crippen LogP contribution is -2.43. The maximum absolute atomic E-state index is 12.9. The van der Waals surface area contributed by atoms with E-state index in [4.69, 9.17) is 9.26 Å². The van der Waals surface area contributed by atoms with Crippen molar-refractivity contribution in [2.24, 2.45) is 0 Å². The maximum Gasteiger partial charge on any atom is 0.416 e. The van der Waals surface area contributed by atoms with E-state index >= 15 is 0 Å². The average molecular weight is 513 g/mol. The number of rotatable bonds is 7.